The molecule has 0 radical (unpaired) electrons. The third kappa shape index (κ3) is 8.87. The van der Waals surface area contributed by atoms with Crippen LogP contribution in [-0.2, 0) is 11.3 Å². The number of halogens is 2. The van der Waals surface area contributed by atoms with Crippen molar-refractivity contribution in [2.24, 2.45) is 4.99 Å². The van der Waals surface area contributed by atoms with E-state index in [1.807, 2.05) is 6.07 Å². The largest absolute Gasteiger partial charge is 0.385 e. The Morgan fingerprint density at radius 1 is 1.19 bits per heavy atom. The Kier molecular flexibility index (Phi) is 12.3. The number of aliphatic imine (C=N–C) groups is 1. The van der Waals surface area contributed by atoms with E-state index < -0.39 is 0 Å². The topological polar surface area (TPSA) is 45.7 Å². The van der Waals surface area contributed by atoms with Gasteiger partial charge in [-0.1, -0.05) is 18.2 Å². The zero-order chi connectivity index (χ0) is 14.6. The van der Waals surface area contributed by atoms with Crippen LogP contribution in [0.5, 0.6) is 0 Å². The minimum Gasteiger partial charge on any atom is -0.385 e. The minimum atomic E-state index is -0.199. The third-order valence-electron chi connectivity index (χ3n) is 2.95. The zero-order valence-corrected chi connectivity index (χ0v) is 15.0. The lowest BCUT2D eigenvalue weighted by Crippen LogP contribution is -2.37. The van der Waals surface area contributed by atoms with Crippen LogP contribution in [0.4, 0.5) is 4.39 Å². The summed E-state index contributed by atoms with van der Waals surface area (Å²) < 4.78 is 18.5. The lowest BCUT2D eigenvalue weighted by molar-refractivity contribution is 0.192. The molecule has 1 rings (SSSR count). The number of hydrogen-bond donors (Lipinski definition) is 2. The van der Waals surface area contributed by atoms with Gasteiger partial charge in [0.05, 0.1) is 0 Å². The molecule has 21 heavy (non-hydrogen) atoms. The van der Waals surface area contributed by atoms with Crippen LogP contribution >= 0.6 is 24.0 Å². The minimum absolute atomic E-state index is 0. The maximum Gasteiger partial charge on any atom is 0.191 e. The van der Waals surface area contributed by atoms with Crippen molar-refractivity contribution < 1.29 is 9.13 Å². The lowest BCUT2D eigenvalue weighted by Gasteiger charge is -2.12. The molecule has 0 heterocycles. The lowest BCUT2D eigenvalue weighted by atomic mass is 10.2. The quantitative estimate of drug-likeness (QED) is 0.301. The number of rotatable bonds is 8. The van der Waals surface area contributed by atoms with Gasteiger partial charge in [0.1, 0.15) is 5.82 Å². The Bertz CT molecular complexity index is 416. The van der Waals surface area contributed by atoms with Crippen LogP contribution in [-0.4, -0.2) is 33.3 Å². The highest BCUT2D eigenvalue weighted by Crippen LogP contribution is 2.05. The van der Waals surface area contributed by atoms with Crippen molar-refractivity contribution in [2.45, 2.75) is 25.8 Å². The SMILES string of the molecule is CN=C(NCCCCCOC)NCc1ccccc1F.I. The summed E-state index contributed by atoms with van der Waals surface area (Å²) in [5.41, 5.74) is 0.635. The summed E-state index contributed by atoms with van der Waals surface area (Å²) >= 11 is 0. The van der Waals surface area contributed by atoms with Crippen molar-refractivity contribution in [1.29, 1.82) is 0 Å². The number of ether oxygens (including phenoxy) is 1. The van der Waals surface area contributed by atoms with Gasteiger partial charge >= 0.3 is 0 Å². The predicted octanol–water partition coefficient (Wildman–Crippen LogP) is 2.93. The van der Waals surface area contributed by atoms with Gasteiger partial charge in [-0.25, -0.2) is 4.39 Å². The van der Waals surface area contributed by atoms with Crippen molar-refractivity contribution in [2.75, 3.05) is 27.3 Å². The van der Waals surface area contributed by atoms with Crippen molar-refractivity contribution in [1.82, 2.24) is 10.6 Å². The number of benzene rings is 1. The fourth-order valence-electron chi connectivity index (χ4n) is 1.80. The van der Waals surface area contributed by atoms with Gasteiger partial charge in [0, 0.05) is 39.4 Å². The summed E-state index contributed by atoms with van der Waals surface area (Å²) in [5.74, 6) is 0.495. The number of guanidine groups is 1. The average Bonchev–Trinajstić information content (AvgIpc) is 2.47. The molecule has 0 bridgehead atoms. The van der Waals surface area contributed by atoms with E-state index in [0.717, 1.165) is 32.4 Å². The molecule has 0 aromatic heterocycles. The van der Waals surface area contributed by atoms with Crippen molar-refractivity contribution in [3.05, 3.63) is 35.6 Å². The molecule has 6 heteroatoms. The third-order valence-corrected chi connectivity index (χ3v) is 2.95. The summed E-state index contributed by atoms with van der Waals surface area (Å²) in [6, 6.07) is 6.74. The van der Waals surface area contributed by atoms with Crippen molar-refractivity contribution in [3.8, 4) is 0 Å². The molecule has 0 aliphatic heterocycles. The molecule has 0 spiro atoms. The second kappa shape index (κ2) is 12.8. The van der Waals surface area contributed by atoms with Gasteiger partial charge in [-0.3, -0.25) is 4.99 Å². The maximum atomic E-state index is 13.5. The van der Waals surface area contributed by atoms with Gasteiger partial charge in [0.15, 0.2) is 5.96 Å². The molecule has 1 aromatic carbocycles. The van der Waals surface area contributed by atoms with Crippen LogP contribution in [0.15, 0.2) is 29.3 Å². The molecular formula is C15H25FIN3O. The molecule has 120 valence electrons. The molecule has 4 nitrogen and oxygen atoms in total. The Labute approximate surface area is 143 Å². The van der Waals surface area contributed by atoms with Crippen LogP contribution in [0, 0.1) is 5.82 Å². The monoisotopic (exact) mass is 409 g/mol. The number of methoxy groups -OCH3 is 1. The molecule has 1 aromatic rings. The number of nitrogens with one attached hydrogen (secondary N) is 2. The Morgan fingerprint density at radius 2 is 1.95 bits per heavy atom. The number of hydrogen-bond acceptors (Lipinski definition) is 2. The van der Waals surface area contributed by atoms with E-state index in [2.05, 4.69) is 15.6 Å². The van der Waals surface area contributed by atoms with E-state index in [9.17, 15) is 4.39 Å². The molecule has 0 saturated carbocycles. The Hall–Kier alpha value is -0.890. The molecule has 0 aliphatic rings. The Balaban J connectivity index is 0.00000400. The van der Waals surface area contributed by atoms with Gasteiger partial charge in [-0.2, -0.15) is 0 Å². The van der Waals surface area contributed by atoms with Gasteiger partial charge in [-0.15, -0.1) is 24.0 Å². The highest BCUT2D eigenvalue weighted by atomic mass is 127. The highest BCUT2D eigenvalue weighted by Gasteiger charge is 2.02. The summed E-state index contributed by atoms with van der Waals surface area (Å²) in [6.07, 6.45) is 3.24. The smallest absolute Gasteiger partial charge is 0.191 e. The maximum absolute atomic E-state index is 13.5. The summed E-state index contributed by atoms with van der Waals surface area (Å²) in [7, 11) is 3.42. The van der Waals surface area contributed by atoms with E-state index in [4.69, 9.17) is 4.74 Å². The normalized spacial score (nSPS) is 10.9. The molecule has 0 amide bonds. The van der Waals surface area contributed by atoms with E-state index >= 15 is 0 Å². The van der Waals surface area contributed by atoms with E-state index in [0.29, 0.717) is 18.1 Å². The van der Waals surface area contributed by atoms with Crippen molar-refractivity contribution in [3.63, 3.8) is 0 Å². The average molecular weight is 409 g/mol. The van der Waals surface area contributed by atoms with E-state index in [1.54, 1.807) is 26.3 Å². The van der Waals surface area contributed by atoms with Crippen LogP contribution in [0.1, 0.15) is 24.8 Å². The molecule has 2 N–H and O–H groups in total. The molecule has 0 atom stereocenters. The number of nitrogens with zero attached hydrogens (tertiary/aromatic N) is 1. The second-order valence-corrected chi connectivity index (χ2v) is 4.50. The first-order chi connectivity index (χ1) is 9.77. The summed E-state index contributed by atoms with van der Waals surface area (Å²) in [4.78, 5) is 4.11. The summed E-state index contributed by atoms with van der Waals surface area (Å²) in [6.45, 7) is 2.08. The fourth-order valence-corrected chi connectivity index (χ4v) is 1.80. The zero-order valence-electron chi connectivity index (χ0n) is 12.7. The first kappa shape index (κ1) is 20.1. The number of unbranched alkanes of at least 4 members (excludes halogenated alkanes) is 2. The molecule has 0 saturated heterocycles. The predicted molar refractivity (Wildman–Crippen MR) is 95.7 cm³/mol. The van der Waals surface area contributed by atoms with Crippen LogP contribution in [0.25, 0.3) is 0 Å². The van der Waals surface area contributed by atoms with Gasteiger partial charge in [0.2, 0.25) is 0 Å². The van der Waals surface area contributed by atoms with Gasteiger partial charge < -0.3 is 15.4 Å². The molecule has 0 fully saturated rings. The first-order valence-corrected chi connectivity index (χ1v) is 6.94. The van der Waals surface area contributed by atoms with Gasteiger partial charge in [0.25, 0.3) is 0 Å². The van der Waals surface area contributed by atoms with E-state index in [1.165, 1.54) is 6.07 Å². The second-order valence-electron chi connectivity index (χ2n) is 4.50. The summed E-state index contributed by atoms with van der Waals surface area (Å²) in [5, 5.41) is 6.31. The first-order valence-electron chi connectivity index (χ1n) is 6.94. The van der Waals surface area contributed by atoms with Gasteiger partial charge in [-0.05, 0) is 25.3 Å². The molecule has 0 aliphatic carbocycles. The fraction of sp³-hybridized carbons (Fsp3) is 0.533. The standard InChI is InChI=1S/C15H24FN3O.HI/c1-17-15(18-10-6-3-7-11-20-2)19-12-13-8-4-5-9-14(13)16;/h4-5,8-9H,3,6-7,10-12H2,1-2H3,(H2,17,18,19);1H. The van der Waals surface area contributed by atoms with Crippen LogP contribution in [0.3, 0.4) is 0 Å². The highest BCUT2D eigenvalue weighted by molar-refractivity contribution is 14.0. The van der Waals surface area contributed by atoms with Crippen LogP contribution in [0.2, 0.25) is 0 Å². The van der Waals surface area contributed by atoms with E-state index in [-0.39, 0.29) is 29.8 Å². The van der Waals surface area contributed by atoms with Crippen molar-refractivity contribution >= 4 is 29.9 Å². The molecule has 0 unspecified atom stereocenters. The Morgan fingerprint density at radius 3 is 2.62 bits per heavy atom. The van der Waals surface area contributed by atoms with Crippen LogP contribution < -0.4 is 10.6 Å². The molecular weight excluding hydrogens is 384 g/mol.